The van der Waals surface area contributed by atoms with E-state index in [-0.39, 0.29) is 13.2 Å². The Morgan fingerprint density at radius 3 is 2.32 bits per heavy atom. The number of ether oxygens (including phenoxy) is 2. The third-order valence-corrected chi connectivity index (χ3v) is 4.21. The van der Waals surface area contributed by atoms with E-state index in [2.05, 4.69) is 10.1 Å². The molecule has 28 heavy (non-hydrogen) atoms. The van der Waals surface area contributed by atoms with Crippen molar-refractivity contribution in [2.75, 3.05) is 13.7 Å². The van der Waals surface area contributed by atoms with Crippen LogP contribution in [0.2, 0.25) is 0 Å². The minimum Gasteiger partial charge on any atom is -0.465 e. The zero-order chi connectivity index (χ0) is 19.9. The van der Waals surface area contributed by atoms with Gasteiger partial charge >= 0.3 is 11.9 Å². The van der Waals surface area contributed by atoms with Crippen LogP contribution in [0.4, 0.5) is 0 Å². The monoisotopic (exact) mass is 377 g/mol. The zero-order valence-electron chi connectivity index (χ0n) is 15.3. The smallest absolute Gasteiger partial charge is 0.339 e. The van der Waals surface area contributed by atoms with Gasteiger partial charge in [-0.15, -0.1) is 0 Å². The second-order valence-corrected chi connectivity index (χ2v) is 6.07. The SMILES string of the molecule is COC(=O)c1ccc(CNC(=O)COC(=O)c2cccc3ccccc23)cc1. The molecule has 1 amide bonds. The van der Waals surface area contributed by atoms with E-state index in [4.69, 9.17) is 4.74 Å². The number of fused-ring (bicyclic) bond motifs is 1. The van der Waals surface area contributed by atoms with Crippen molar-refractivity contribution >= 4 is 28.6 Å². The average Bonchev–Trinajstić information content (AvgIpc) is 2.75. The standard InChI is InChI=1S/C22H19NO5/c1-27-21(25)17-11-9-15(10-12-17)13-23-20(24)14-28-22(26)19-8-4-6-16-5-2-3-7-18(16)19/h2-12H,13-14H2,1H3,(H,23,24). The number of hydrogen-bond donors (Lipinski definition) is 1. The van der Waals surface area contributed by atoms with E-state index in [9.17, 15) is 14.4 Å². The fraction of sp³-hybridized carbons (Fsp3) is 0.136. The van der Waals surface area contributed by atoms with Crippen LogP contribution in [0.5, 0.6) is 0 Å². The second kappa shape index (κ2) is 8.81. The summed E-state index contributed by atoms with van der Waals surface area (Å²) in [5, 5.41) is 4.38. The van der Waals surface area contributed by atoms with Crippen molar-refractivity contribution in [3.05, 3.63) is 83.4 Å². The van der Waals surface area contributed by atoms with Crippen LogP contribution >= 0.6 is 0 Å². The molecular weight excluding hydrogens is 358 g/mol. The van der Waals surface area contributed by atoms with Gasteiger partial charge in [0.2, 0.25) is 0 Å². The first kappa shape index (κ1) is 19.1. The Bertz CT molecular complexity index is 1010. The molecule has 0 aliphatic heterocycles. The normalized spacial score (nSPS) is 10.3. The van der Waals surface area contributed by atoms with E-state index in [0.717, 1.165) is 16.3 Å². The first-order valence-electron chi connectivity index (χ1n) is 8.67. The summed E-state index contributed by atoms with van der Waals surface area (Å²) in [7, 11) is 1.32. The summed E-state index contributed by atoms with van der Waals surface area (Å²) < 4.78 is 9.77. The lowest BCUT2D eigenvalue weighted by Crippen LogP contribution is -2.28. The minimum absolute atomic E-state index is 0.256. The van der Waals surface area contributed by atoms with Gasteiger partial charge in [-0.1, -0.05) is 48.5 Å². The molecule has 0 bridgehead atoms. The number of benzene rings is 3. The number of rotatable bonds is 6. The lowest BCUT2D eigenvalue weighted by molar-refractivity contribution is -0.124. The fourth-order valence-corrected chi connectivity index (χ4v) is 2.74. The third kappa shape index (κ3) is 4.54. The molecule has 0 saturated carbocycles. The second-order valence-electron chi connectivity index (χ2n) is 6.07. The van der Waals surface area contributed by atoms with Crippen molar-refractivity contribution in [1.29, 1.82) is 0 Å². The lowest BCUT2D eigenvalue weighted by Gasteiger charge is -2.09. The molecule has 0 spiro atoms. The number of nitrogens with one attached hydrogen (secondary N) is 1. The average molecular weight is 377 g/mol. The molecule has 0 fully saturated rings. The Labute approximate surface area is 162 Å². The quantitative estimate of drug-likeness (QED) is 0.668. The highest BCUT2D eigenvalue weighted by molar-refractivity contribution is 6.04. The molecule has 0 aliphatic carbocycles. The first-order chi connectivity index (χ1) is 13.6. The summed E-state index contributed by atoms with van der Waals surface area (Å²) in [4.78, 5) is 35.7. The maximum atomic E-state index is 12.3. The van der Waals surface area contributed by atoms with Gasteiger partial charge in [-0.2, -0.15) is 0 Å². The van der Waals surface area contributed by atoms with Gasteiger partial charge < -0.3 is 14.8 Å². The van der Waals surface area contributed by atoms with Crippen LogP contribution in [0.1, 0.15) is 26.3 Å². The molecule has 0 atom stereocenters. The first-order valence-corrected chi connectivity index (χ1v) is 8.67. The van der Waals surface area contributed by atoms with Crippen molar-refractivity contribution in [2.45, 2.75) is 6.54 Å². The number of amides is 1. The van der Waals surface area contributed by atoms with Gasteiger partial charge in [0, 0.05) is 6.54 Å². The lowest BCUT2D eigenvalue weighted by atomic mass is 10.1. The highest BCUT2D eigenvalue weighted by Gasteiger charge is 2.13. The Morgan fingerprint density at radius 1 is 0.857 bits per heavy atom. The predicted molar refractivity (Wildman–Crippen MR) is 104 cm³/mol. The van der Waals surface area contributed by atoms with E-state index in [0.29, 0.717) is 11.1 Å². The maximum absolute atomic E-state index is 12.3. The van der Waals surface area contributed by atoms with Gasteiger partial charge in [-0.05, 0) is 34.5 Å². The number of carbonyl (C=O) groups excluding carboxylic acids is 3. The topological polar surface area (TPSA) is 81.7 Å². The summed E-state index contributed by atoms with van der Waals surface area (Å²) in [6, 6.07) is 19.5. The molecule has 0 aromatic heterocycles. The Kier molecular flexibility index (Phi) is 6.01. The highest BCUT2D eigenvalue weighted by atomic mass is 16.5. The number of carbonyl (C=O) groups is 3. The van der Waals surface area contributed by atoms with Gasteiger partial charge in [0.25, 0.3) is 5.91 Å². The summed E-state index contributed by atoms with van der Waals surface area (Å²) in [5.74, 6) is -1.38. The van der Waals surface area contributed by atoms with Crippen LogP contribution in [-0.2, 0) is 20.8 Å². The van der Waals surface area contributed by atoms with E-state index in [1.54, 1.807) is 36.4 Å². The molecule has 6 heteroatoms. The summed E-state index contributed by atoms with van der Waals surface area (Å²) in [6.45, 7) is -0.117. The van der Waals surface area contributed by atoms with Gasteiger partial charge in [0.1, 0.15) is 0 Å². The van der Waals surface area contributed by atoms with Crippen molar-refractivity contribution in [3.8, 4) is 0 Å². The van der Waals surface area contributed by atoms with Crippen LogP contribution in [0.3, 0.4) is 0 Å². The molecular formula is C22H19NO5. The van der Waals surface area contributed by atoms with Crippen molar-refractivity contribution < 1.29 is 23.9 Å². The van der Waals surface area contributed by atoms with E-state index >= 15 is 0 Å². The third-order valence-electron chi connectivity index (χ3n) is 4.21. The summed E-state index contributed by atoms with van der Waals surface area (Å²) in [6.07, 6.45) is 0. The van der Waals surface area contributed by atoms with Gasteiger partial charge in [0.15, 0.2) is 6.61 Å². The predicted octanol–water partition coefficient (Wildman–Crippen LogP) is 3.10. The van der Waals surface area contributed by atoms with Crippen molar-refractivity contribution in [3.63, 3.8) is 0 Å². The van der Waals surface area contributed by atoms with Crippen molar-refractivity contribution in [1.82, 2.24) is 5.32 Å². The van der Waals surface area contributed by atoms with E-state index < -0.39 is 17.8 Å². The van der Waals surface area contributed by atoms with E-state index in [1.165, 1.54) is 7.11 Å². The van der Waals surface area contributed by atoms with Gasteiger partial charge in [-0.3, -0.25) is 4.79 Å². The molecule has 142 valence electrons. The fourth-order valence-electron chi connectivity index (χ4n) is 2.74. The van der Waals surface area contributed by atoms with Crippen LogP contribution in [0, 0.1) is 0 Å². The van der Waals surface area contributed by atoms with Crippen LogP contribution in [-0.4, -0.2) is 31.6 Å². The maximum Gasteiger partial charge on any atom is 0.339 e. The molecule has 0 saturated heterocycles. The Hall–Kier alpha value is -3.67. The Morgan fingerprint density at radius 2 is 1.57 bits per heavy atom. The summed E-state index contributed by atoms with van der Waals surface area (Å²) in [5.41, 5.74) is 1.66. The molecule has 0 heterocycles. The van der Waals surface area contributed by atoms with Crippen LogP contribution < -0.4 is 5.32 Å². The number of hydrogen-bond acceptors (Lipinski definition) is 5. The minimum atomic E-state index is -0.547. The summed E-state index contributed by atoms with van der Waals surface area (Å²) >= 11 is 0. The van der Waals surface area contributed by atoms with E-state index in [1.807, 2.05) is 30.3 Å². The molecule has 3 aromatic carbocycles. The zero-order valence-corrected chi connectivity index (χ0v) is 15.3. The number of methoxy groups -OCH3 is 1. The van der Waals surface area contributed by atoms with Gasteiger partial charge in [0.05, 0.1) is 18.2 Å². The molecule has 0 aliphatic rings. The molecule has 1 N–H and O–H groups in total. The van der Waals surface area contributed by atoms with Crippen molar-refractivity contribution in [2.24, 2.45) is 0 Å². The Balaban J connectivity index is 1.52. The van der Waals surface area contributed by atoms with Crippen LogP contribution in [0.15, 0.2) is 66.7 Å². The van der Waals surface area contributed by atoms with Gasteiger partial charge in [-0.25, -0.2) is 9.59 Å². The largest absolute Gasteiger partial charge is 0.465 e. The molecule has 0 radical (unpaired) electrons. The molecule has 3 rings (SSSR count). The number of esters is 2. The molecule has 3 aromatic rings. The van der Waals surface area contributed by atoms with Crippen LogP contribution in [0.25, 0.3) is 10.8 Å². The molecule has 0 unspecified atom stereocenters. The highest BCUT2D eigenvalue weighted by Crippen LogP contribution is 2.19. The molecule has 6 nitrogen and oxygen atoms in total.